The van der Waals surface area contributed by atoms with Crippen molar-refractivity contribution in [1.82, 2.24) is 5.32 Å². The van der Waals surface area contributed by atoms with Gasteiger partial charge in [0.05, 0.1) is 0 Å². The summed E-state index contributed by atoms with van der Waals surface area (Å²) in [5, 5.41) is 12.3. The highest BCUT2D eigenvalue weighted by Crippen LogP contribution is 2.61. The van der Waals surface area contributed by atoms with E-state index in [9.17, 15) is 14.7 Å². The number of carboxylic acid groups (broad SMARTS) is 1. The predicted molar refractivity (Wildman–Crippen MR) is 94.3 cm³/mol. The van der Waals surface area contributed by atoms with E-state index < -0.39 is 12.0 Å². The van der Waals surface area contributed by atoms with Crippen molar-refractivity contribution in [3.63, 3.8) is 0 Å². The van der Waals surface area contributed by atoms with Crippen LogP contribution in [0.4, 0.5) is 0 Å². The molecule has 0 saturated heterocycles. The van der Waals surface area contributed by atoms with Gasteiger partial charge >= 0.3 is 5.97 Å². The van der Waals surface area contributed by atoms with Gasteiger partial charge in [-0.25, -0.2) is 4.79 Å². The average molecular weight is 335 g/mol. The molecule has 128 valence electrons. The molecule has 0 bridgehead atoms. The quantitative estimate of drug-likeness (QED) is 0.883. The molecule has 0 heterocycles. The fraction of sp³-hybridized carbons (Fsp3) is 0.333. The largest absolute Gasteiger partial charge is 0.480 e. The number of fused-ring (bicyclic) bond motifs is 2. The van der Waals surface area contributed by atoms with E-state index in [1.165, 1.54) is 11.1 Å². The van der Waals surface area contributed by atoms with Gasteiger partial charge < -0.3 is 10.4 Å². The molecular formula is C21H21NO3. The number of carbonyl (C=O) groups is 2. The van der Waals surface area contributed by atoms with Crippen LogP contribution in [-0.2, 0) is 27.8 Å². The van der Waals surface area contributed by atoms with Crippen molar-refractivity contribution in [3.05, 3.63) is 71.3 Å². The maximum Gasteiger partial charge on any atom is 0.326 e. The summed E-state index contributed by atoms with van der Waals surface area (Å²) in [6.45, 7) is 0. The molecule has 2 aromatic carbocycles. The number of aliphatic carboxylic acids is 1. The fourth-order valence-corrected chi connectivity index (χ4v) is 4.26. The topological polar surface area (TPSA) is 66.4 Å². The van der Waals surface area contributed by atoms with Gasteiger partial charge in [-0.05, 0) is 36.0 Å². The number of hydrogen-bond donors (Lipinski definition) is 2. The first-order valence-electron chi connectivity index (χ1n) is 8.76. The van der Waals surface area contributed by atoms with Gasteiger partial charge in [0.1, 0.15) is 6.04 Å². The normalized spacial score (nSPS) is 24.6. The number of aryl methyl sites for hydroxylation is 1. The Morgan fingerprint density at radius 3 is 2.60 bits per heavy atom. The van der Waals surface area contributed by atoms with Gasteiger partial charge in [0.15, 0.2) is 0 Å². The van der Waals surface area contributed by atoms with E-state index in [0.29, 0.717) is 6.42 Å². The Morgan fingerprint density at radius 2 is 1.84 bits per heavy atom. The third kappa shape index (κ3) is 2.82. The molecule has 1 saturated carbocycles. The van der Waals surface area contributed by atoms with E-state index in [-0.39, 0.29) is 17.2 Å². The molecule has 3 atom stereocenters. The van der Waals surface area contributed by atoms with E-state index in [4.69, 9.17) is 0 Å². The third-order valence-corrected chi connectivity index (χ3v) is 5.68. The standard InChI is InChI=1S/C21H21NO3/c23-19(22-18(20(24)25)12-14-6-2-1-3-7-14)17-13-21(17)11-10-15-8-4-5-9-16(15)21/h1-9,17-18H,10-13H2,(H,22,23)(H,24,25)/t17?,18-,21?/m1/s1. The van der Waals surface area contributed by atoms with Crippen molar-refractivity contribution >= 4 is 11.9 Å². The first-order chi connectivity index (χ1) is 12.1. The maximum absolute atomic E-state index is 12.7. The minimum absolute atomic E-state index is 0.0591. The van der Waals surface area contributed by atoms with Crippen LogP contribution in [0, 0.1) is 5.92 Å². The molecule has 2 aliphatic rings. The van der Waals surface area contributed by atoms with Crippen LogP contribution < -0.4 is 5.32 Å². The van der Waals surface area contributed by atoms with E-state index in [0.717, 1.165) is 24.8 Å². The van der Waals surface area contributed by atoms with Crippen molar-refractivity contribution in [1.29, 1.82) is 0 Å². The summed E-state index contributed by atoms with van der Waals surface area (Å²) >= 11 is 0. The van der Waals surface area contributed by atoms with Crippen molar-refractivity contribution in [2.75, 3.05) is 0 Å². The Labute approximate surface area is 146 Å². The van der Waals surface area contributed by atoms with E-state index in [1.54, 1.807) is 0 Å². The lowest BCUT2D eigenvalue weighted by molar-refractivity contribution is -0.142. The number of amides is 1. The Bertz CT molecular complexity index is 817. The van der Waals surface area contributed by atoms with Crippen LogP contribution in [-0.4, -0.2) is 23.0 Å². The Morgan fingerprint density at radius 1 is 1.12 bits per heavy atom. The van der Waals surface area contributed by atoms with Gasteiger partial charge in [-0.15, -0.1) is 0 Å². The van der Waals surface area contributed by atoms with Crippen LogP contribution in [0.1, 0.15) is 29.5 Å². The maximum atomic E-state index is 12.7. The summed E-state index contributed by atoms with van der Waals surface area (Å²) < 4.78 is 0. The van der Waals surface area contributed by atoms with Gasteiger partial charge in [-0.2, -0.15) is 0 Å². The molecule has 2 aliphatic carbocycles. The molecule has 1 amide bonds. The zero-order valence-corrected chi connectivity index (χ0v) is 13.9. The lowest BCUT2D eigenvalue weighted by Crippen LogP contribution is -2.43. The van der Waals surface area contributed by atoms with Gasteiger partial charge in [0.25, 0.3) is 0 Å². The highest BCUT2D eigenvalue weighted by Gasteiger charge is 2.61. The highest BCUT2D eigenvalue weighted by atomic mass is 16.4. The molecule has 0 aromatic heterocycles. The van der Waals surface area contributed by atoms with Crippen LogP contribution in [0.2, 0.25) is 0 Å². The van der Waals surface area contributed by atoms with Gasteiger partial charge in [-0.1, -0.05) is 54.6 Å². The van der Waals surface area contributed by atoms with E-state index >= 15 is 0 Å². The fourth-order valence-electron chi connectivity index (χ4n) is 4.26. The van der Waals surface area contributed by atoms with Crippen molar-refractivity contribution in [2.24, 2.45) is 5.92 Å². The van der Waals surface area contributed by atoms with Crippen LogP contribution in [0.3, 0.4) is 0 Å². The zero-order chi connectivity index (χ0) is 17.4. The van der Waals surface area contributed by atoms with Crippen LogP contribution in [0.5, 0.6) is 0 Å². The molecule has 2 unspecified atom stereocenters. The predicted octanol–water partition coefficient (Wildman–Crippen LogP) is 2.70. The van der Waals surface area contributed by atoms with Crippen molar-refractivity contribution in [2.45, 2.75) is 37.1 Å². The first kappa shape index (κ1) is 15.9. The summed E-state index contributed by atoms with van der Waals surface area (Å²) in [5.74, 6) is -1.22. The molecule has 2 aromatic rings. The third-order valence-electron chi connectivity index (χ3n) is 5.68. The smallest absolute Gasteiger partial charge is 0.326 e. The van der Waals surface area contributed by atoms with Crippen molar-refractivity contribution in [3.8, 4) is 0 Å². The molecule has 4 nitrogen and oxygen atoms in total. The lowest BCUT2D eigenvalue weighted by Gasteiger charge is -2.16. The number of hydrogen-bond acceptors (Lipinski definition) is 2. The SMILES string of the molecule is O=C(N[C@H](Cc1ccccc1)C(=O)O)C1CC12CCc1ccccc12. The molecule has 4 rings (SSSR count). The molecule has 0 aliphatic heterocycles. The van der Waals surface area contributed by atoms with E-state index in [1.807, 2.05) is 42.5 Å². The minimum atomic E-state index is -0.987. The number of carboxylic acids is 1. The Kier molecular flexibility index (Phi) is 3.83. The van der Waals surface area contributed by atoms with Gasteiger partial charge in [-0.3, -0.25) is 4.79 Å². The van der Waals surface area contributed by atoms with Crippen LogP contribution >= 0.6 is 0 Å². The Hall–Kier alpha value is -2.62. The monoisotopic (exact) mass is 335 g/mol. The summed E-state index contributed by atoms with van der Waals surface area (Å²) in [7, 11) is 0. The lowest BCUT2D eigenvalue weighted by atomic mass is 9.95. The summed E-state index contributed by atoms with van der Waals surface area (Å²) in [4.78, 5) is 24.3. The Balaban J connectivity index is 1.46. The molecular weight excluding hydrogens is 314 g/mol. The van der Waals surface area contributed by atoms with Crippen LogP contribution in [0.15, 0.2) is 54.6 Å². The summed E-state index contributed by atoms with van der Waals surface area (Å²) in [6.07, 6.45) is 3.12. The second kappa shape index (κ2) is 6.03. The zero-order valence-electron chi connectivity index (χ0n) is 13.9. The van der Waals surface area contributed by atoms with E-state index in [2.05, 4.69) is 17.4 Å². The van der Waals surface area contributed by atoms with Crippen molar-refractivity contribution < 1.29 is 14.7 Å². The molecule has 2 N–H and O–H groups in total. The number of rotatable bonds is 5. The first-order valence-corrected chi connectivity index (χ1v) is 8.76. The number of benzene rings is 2. The second-order valence-electron chi connectivity index (χ2n) is 7.16. The molecule has 1 fully saturated rings. The summed E-state index contributed by atoms with van der Waals surface area (Å²) in [6, 6.07) is 16.8. The van der Waals surface area contributed by atoms with Gasteiger partial charge in [0.2, 0.25) is 5.91 Å². The number of carbonyl (C=O) groups excluding carboxylic acids is 1. The highest BCUT2D eigenvalue weighted by molar-refractivity contribution is 5.89. The molecule has 1 spiro atoms. The average Bonchev–Trinajstić information content (AvgIpc) is 3.24. The minimum Gasteiger partial charge on any atom is -0.480 e. The molecule has 25 heavy (non-hydrogen) atoms. The summed E-state index contributed by atoms with van der Waals surface area (Å²) in [5.41, 5.74) is 3.46. The molecule has 4 heteroatoms. The number of nitrogens with one attached hydrogen (secondary N) is 1. The second-order valence-corrected chi connectivity index (χ2v) is 7.16. The van der Waals surface area contributed by atoms with Gasteiger partial charge in [0, 0.05) is 17.8 Å². The van der Waals surface area contributed by atoms with Crippen LogP contribution in [0.25, 0.3) is 0 Å². The molecule has 0 radical (unpaired) electrons.